The molecule has 2 atom stereocenters. The van der Waals surface area contributed by atoms with Gasteiger partial charge < -0.3 is 19.9 Å². The number of ether oxygens (including phenoxy) is 3. The lowest BCUT2D eigenvalue weighted by atomic mass is 9.81. The van der Waals surface area contributed by atoms with E-state index in [1.807, 2.05) is 44.2 Å². The van der Waals surface area contributed by atoms with Crippen molar-refractivity contribution in [3.63, 3.8) is 0 Å². The van der Waals surface area contributed by atoms with Crippen molar-refractivity contribution < 1.29 is 14.2 Å². The van der Waals surface area contributed by atoms with Gasteiger partial charge in [-0.05, 0) is 42.7 Å². The molecule has 0 aliphatic carbocycles. The Balaban J connectivity index is 0.00000408. The van der Waals surface area contributed by atoms with Crippen LogP contribution in [-0.2, 0) is 21.6 Å². The molecule has 5 nitrogen and oxygen atoms in total. The third-order valence-corrected chi connectivity index (χ3v) is 7.14. The highest BCUT2D eigenvalue weighted by Gasteiger charge is 2.40. The van der Waals surface area contributed by atoms with Gasteiger partial charge in [-0.2, -0.15) is 0 Å². The first-order chi connectivity index (χ1) is 15.8. The summed E-state index contributed by atoms with van der Waals surface area (Å²) in [7, 11) is 4.93. The van der Waals surface area contributed by atoms with Crippen LogP contribution >= 0.6 is 35.3 Å². The highest BCUT2D eigenvalue weighted by atomic mass is 35.5. The molecule has 2 N–H and O–H groups in total. The van der Waals surface area contributed by atoms with Crippen LogP contribution in [0.3, 0.4) is 0 Å². The van der Waals surface area contributed by atoms with Gasteiger partial charge in [-0.1, -0.05) is 41.8 Å². The molecule has 1 aromatic heterocycles. The molecule has 0 amide bonds. The summed E-state index contributed by atoms with van der Waals surface area (Å²) in [5.41, 5.74) is 10.3. The van der Waals surface area contributed by atoms with E-state index in [2.05, 4.69) is 5.92 Å². The minimum Gasteiger partial charge on any atom is -0.496 e. The lowest BCUT2D eigenvalue weighted by Crippen LogP contribution is -2.43. The van der Waals surface area contributed by atoms with Crippen molar-refractivity contribution in [3.8, 4) is 29.4 Å². The van der Waals surface area contributed by atoms with Crippen molar-refractivity contribution in [1.82, 2.24) is 4.98 Å². The van der Waals surface area contributed by atoms with Crippen LogP contribution in [0.4, 0.5) is 0 Å². The largest absolute Gasteiger partial charge is 0.496 e. The number of thiazole rings is 1. The average molecular weight is 522 g/mol. The van der Waals surface area contributed by atoms with E-state index in [9.17, 15) is 0 Å². The van der Waals surface area contributed by atoms with E-state index in [1.165, 1.54) is 11.3 Å². The number of terminal acetylenes is 1. The van der Waals surface area contributed by atoms with Gasteiger partial charge in [0.15, 0.2) is 0 Å². The maximum Gasteiger partial charge on any atom is 0.139 e. The highest BCUT2D eigenvalue weighted by Crippen LogP contribution is 2.42. The zero-order valence-corrected chi connectivity index (χ0v) is 22.4. The molecule has 0 saturated carbocycles. The van der Waals surface area contributed by atoms with Gasteiger partial charge in [0.25, 0.3) is 0 Å². The van der Waals surface area contributed by atoms with Gasteiger partial charge in [-0.3, -0.25) is 0 Å². The molecule has 1 heterocycles. The van der Waals surface area contributed by atoms with E-state index in [-0.39, 0.29) is 18.3 Å². The van der Waals surface area contributed by atoms with Gasteiger partial charge in [0.05, 0.1) is 31.0 Å². The third-order valence-electron chi connectivity index (χ3n) is 5.71. The number of hydrogen-bond donors (Lipinski definition) is 1. The van der Waals surface area contributed by atoms with E-state index in [0.29, 0.717) is 23.2 Å². The molecule has 0 radical (unpaired) electrons. The molecule has 182 valence electrons. The second-order valence-corrected chi connectivity index (χ2v) is 9.53. The molecule has 1 unspecified atom stereocenters. The molecule has 34 heavy (non-hydrogen) atoms. The predicted octanol–water partition coefficient (Wildman–Crippen LogP) is 5.87. The van der Waals surface area contributed by atoms with E-state index in [0.717, 1.165) is 38.6 Å². The molecule has 0 saturated heterocycles. The maximum atomic E-state index is 6.91. The van der Waals surface area contributed by atoms with Gasteiger partial charge in [-0.15, -0.1) is 30.2 Å². The van der Waals surface area contributed by atoms with Crippen LogP contribution < -0.4 is 10.5 Å². The van der Waals surface area contributed by atoms with Gasteiger partial charge in [-0.25, -0.2) is 4.98 Å². The van der Waals surface area contributed by atoms with Crippen molar-refractivity contribution in [2.75, 3.05) is 27.9 Å². The lowest BCUT2D eigenvalue weighted by molar-refractivity contribution is 0.157. The monoisotopic (exact) mass is 520 g/mol. The number of aryl methyl sites for hydroxylation is 2. The Morgan fingerprint density at radius 3 is 2.38 bits per heavy atom. The minimum absolute atomic E-state index is 0. The van der Waals surface area contributed by atoms with Crippen LogP contribution in [0.25, 0.3) is 11.3 Å². The Hall–Kier alpha value is -2.11. The van der Waals surface area contributed by atoms with Crippen LogP contribution in [0.15, 0.2) is 36.4 Å². The SMILES string of the molecule is C#CC(N)(c1nc(-c2cc(C)c(OC)cc2Cl)c(C)s1)[C@H](COC)c1ccc(COC)cc1.Cl. The van der Waals surface area contributed by atoms with E-state index in [1.54, 1.807) is 27.4 Å². The van der Waals surface area contributed by atoms with Crippen molar-refractivity contribution in [2.45, 2.75) is 31.9 Å². The molecular formula is C26H30Cl2N2O3S. The summed E-state index contributed by atoms with van der Waals surface area (Å²) in [6.07, 6.45) is 6.05. The molecular weight excluding hydrogens is 491 g/mol. The van der Waals surface area contributed by atoms with Crippen molar-refractivity contribution >= 4 is 35.3 Å². The minimum atomic E-state index is -1.17. The number of rotatable bonds is 9. The van der Waals surface area contributed by atoms with Crippen LogP contribution in [0.2, 0.25) is 5.02 Å². The van der Waals surface area contributed by atoms with Crippen LogP contribution in [0, 0.1) is 26.2 Å². The lowest BCUT2D eigenvalue weighted by Gasteiger charge is -2.31. The first-order valence-electron chi connectivity index (χ1n) is 10.4. The quantitative estimate of drug-likeness (QED) is 0.357. The molecule has 0 fully saturated rings. The number of benzene rings is 2. The van der Waals surface area contributed by atoms with Crippen LogP contribution in [0.1, 0.15) is 32.5 Å². The fourth-order valence-corrected chi connectivity index (χ4v) is 5.16. The Labute approximate surface area is 217 Å². The molecule has 0 aliphatic heterocycles. The molecule has 0 spiro atoms. The Kier molecular flexibility index (Phi) is 9.96. The second-order valence-electron chi connectivity index (χ2n) is 7.92. The van der Waals surface area contributed by atoms with E-state index >= 15 is 0 Å². The molecule has 8 heteroatoms. The van der Waals surface area contributed by atoms with Crippen molar-refractivity contribution in [3.05, 3.63) is 68.0 Å². The van der Waals surface area contributed by atoms with Crippen molar-refractivity contribution in [1.29, 1.82) is 0 Å². The molecule has 0 bridgehead atoms. The number of nitrogens with two attached hydrogens (primary N) is 1. The Bertz CT molecular complexity index is 1160. The van der Waals surface area contributed by atoms with Gasteiger partial charge in [0.1, 0.15) is 16.3 Å². The third kappa shape index (κ3) is 5.58. The second kappa shape index (κ2) is 12.0. The standard InChI is InChI=1S/C26H29ClN2O3S.ClH/c1-7-26(28,21(15-31-5)19-10-8-18(9-11-19)14-30-4)25-29-24(17(3)33-25)20-12-16(2)23(32-6)13-22(20)27;/h1,8-13,21H,14-15,28H2,2-6H3;1H/t21-,26?;/m1./s1. The first kappa shape index (κ1) is 28.1. The van der Waals surface area contributed by atoms with Gasteiger partial charge in [0, 0.05) is 30.6 Å². The molecule has 3 rings (SSSR count). The zero-order valence-electron chi connectivity index (χ0n) is 20.0. The summed E-state index contributed by atoms with van der Waals surface area (Å²) >= 11 is 8.06. The average Bonchev–Trinajstić information content (AvgIpc) is 3.21. The normalized spacial score (nSPS) is 13.5. The molecule has 2 aromatic carbocycles. The number of hydrogen-bond acceptors (Lipinski definition) is 6. The van der Waals surface area contributed by atoms with Crippen molar-refractivity contribution in [2.24, 2.45) is 5.73 Å². The zero-order chi connectivity index (χ0) is 24.2. The number of halogens is 2. The topological polar surface area (TPSA) is 66.6 Å². The van der Waals surface area contributed by atoms with E-state index in [4.69, 9.17) is 43.0 Å². The maximum absolute atomic E-state index is 6.91. The summed E-state index contributed by atoms with van der Waals surface area (Å²) < 4.78 is 16.1. The fourth-order valence-electron chi connectivity index (χ4n) is 3.87. The Morgan fingerprint density at radius 2 is 1.82 bits per heavy atom. The van der Waals surface area contributed by atoms with E-state index < -0.39 is 5.54 Å². The summed E-state index contributed by atoms with van der Waals surface area (Å²) in [6.45, 7) is 4.85. The summed E-state index contributed by atoms with van der Waals surface area (Å²) in [6, 6.07) is 11.8. The molecule has 0 aliphatic rings. The smallest absolute Gasteiger partial charge is 0.139 e. The summed E-state index contributed by atoms with van der Waals surface area (Å²) in [4.78, 5) is 5.89. The summed E-state index contributed by atoms with van der Waals surface area (Å²) in [5, 5.41) is 1.20. The number of aromatic nitrogens is 1. The number of methoxy groups -OCH3 is 3. The van der Waals surface area contributed by atoms with Crippen LogP contribution in [-0.4, -0.2) is 32.9 Å². The fraction of sp³-hybridized carbons (Fsp3) is 0.346. The van der Waals surface area contributed by atoms with Gasteiger partial charge in [0.2, 0.25) is 0 Å². The predicted molar refractivity (Wildman–Crippen MR) is 142 cm³/mol. The molecule has 3 aromatic rings. The highest BCUT2D eigenvalue weighted by molar-refractivity contribution is 7.12. The summed E-state index contributed by atoms with van der Waals surface area (Å²) in [5.74, 6) is 3.25. The Morgan fingerprint density at radius 1 is 1.15 bits per heavy atom. The first-order valence-corrected chi connectivity index (χ1v) is 11.6. The van der Waals surface area contributed by atoms with Gasteiger partial charge >= 0.3 is 0 Å². The number of nitrogens with zero attached hydrogens (tertiary/aromatic N) is 1. The van der Waals surface area contributed by atoms with Crippen LogP contribution in [0.5, 0.6) is 5.75 Å².